The average molecular weight is 522 g/mol. The highest BCUT2D eigenvalue weighted by molar-refractivity contribution is 7.12. The SMILES string of the molecule is Cc1sc(C(C)C(=O)Oc2ccc3c4c2O[C@H]2C(=O)CC[C@@]5(O)[C@@H](C3)N(CC3CC3)CC[C@]425)c(C)c1C. The highest BCUT2D eigenvalue weighted by atomic mass is 32.1. The Morgan fingerprint density at radius 2 is 2.03 bits per heavy atom. The van der Waals surface area contributed by atoms with Gasteiger partial charge in [-0.15, -0.1) is 11.3 Å². The van der Waals surface area contributed by atoms with E-state index in [1.807, 2.05) is 19.1 Å². The molecule has 5 atom stereocenters. The molecule has 2 bridgehead atoms. The number of ketones is 1. The maximum absolute atomic E-state index is 13.4. The first-order valence-electron chi connectivity index (χ1n) is 13.8. The van der Waals surface area contributed by atoms with Crippen LogP contribution in [0.15, 0.2) is 12.1 Å². The maximum atomic E-state index is 13.4. The predicted octanol–water partition coefficient (Wildman–Crippen LogP) is 4.52. The Morgan fingerprint density at radius 3 is 2.73 bits per heavy atom. The maximum Gasteiger partial charge on any atom is 0.319 e. The van der Waals surface area contributed by atoms with Crippen molar-refractivity contribution in [3.8, 4) is 11.5 Å². The van der Waals surface area contributed by atoms with Gasteiger partial charge >= 0.3 is 5.97 Å². The van der Waals surface area contributed by atoms with Gasteiger partial charge in [0.2, 0.25) is 0 Å². The Hall–Kier alpha value is -2.22. The normalized spacial score (nSPS) is 32.6. The van der Waals surface area contributed by atoms with Gasteiger partial charge in [-0.1, -0.05) is 6.07 Å². The van der Waals surface area contributed by atoms with Crippen LogP contribution in [-0.4, -0.2) is 52.6 Å². The molecule has 37 heavy (non-hydrogen) atoms. The topological polar surface area (TPSA) is 76.1 Å². The van der Waals surface area contributed by atoms with Crippen LogP contribution in [0.4, 0.5) is 0 Å². The van der Waals surface area contributed by atoms with Gasteiger partial charge in [0, 0.05) is 34.3 Å². The van der Waals surface area contributed by atoms with Crippen LogP contribution < -0.4 is 9.47 Å². The van der Waals surface area contributed by atoms with E-state index < -0.39 is 23.0 Å². The molecular weight excluding hydrogens is 486 g/mol. The van der Waals surface area contributed by atoms with E-state index in [2.05, 4.69) is 25.7 Å². The van der Waals surface area contributed by atoms with Crippen molar-refractivity contribution in [3.63, 3.8) is 0 Å². The standard InChI is InChI=1S/C30H35NO5S/c1-15-16(2)26(37-18(15)4)17(3)28(33)35-22-8-7-20-13-23-30(34)10-9-21(32)27-29(30,24(20)25(22)36-27)11-12-31(23)14-19-5-6-19/h7-8,17,19,23,27,34H,5-6,9-14H2,1-4H3/t17?,23-,27+,29+,30-/m1/s1. The van der Waals surface area contributed by atoms with E-state index in [1.165, 1.54) is 23.3 Å². The molecular formula is C30H35NO5S. The van der Waals surface area contributed by atoms with Gasteiger partial charge < -0.3 is 14.6 Å². The number of Topliss-reactive ketones (excluding diaryl/α,β-unsaturated/α-hetero) is 1. The number of hydrogen-bond acceptors (Lipinski definition) is 7. The van der Waals surface area contributed by atoms with Crippen molar-refractivity contribution in [1.82, 2.24) is 4.90 Å². The summed E-state index contributed by atoms with van der Waals surface area (Å²) in [5, 5.41) is 12.4. The van der Waals surface area contributed by atoms with E-state index in [-0.39, 0.29) is 17.8 Å². The van der Waals surface area contributed by atoms with E-state index in [9.17, 15) is 14.7 Å². The second kappa shape index (κ2) is 7.90. The van der Waals surface area contributed by atoms with Crippen molar-refractivity contribution >= 4 is 23.1 Å². The number of rotatable bonds is 5. The van der Waals surface area contributed by atoms with E-state index in [1.54, 1.807) is 11.3 Å². The van der Waals surface area contributed by atoms with Crippen molar-refractivity contribution in [2.24, 2.45) is 5.92 Å². The number of ether oxygens (including phenoxy) is 2. The van der Waals surface area contributed by atoms with Crippen molar-refractivity contribution < 1.29 is 24.2 Å². The molecule has 196 valence electrons. The fraction of sp³-hybridized carbons (Fsp3) is 0.600. The summed E-state index contributed by atoms with van der Waals surface area (Å²) in [5.74, 6) is 0.923. The van der Waals surface area contributed by atoms with Crippen molar-refractivity contribution in [2.75, 3.05) is 13.1 Å². The van der Waals surface area contributed by atoms with Gasteiger partial charge in [-0.2, -0.15) is 0 Å². The third-order valence-electron chi connectivity index (χ3n) is 10.2. The van der Waals surface area contributed by atoms with Crippen molar-refractivity contribution in [1.29, 1.82) is 0 Å². The van der Waals surface area contributed by atoms with Crippen LogP contribution >= 0.6 is 11.3 Å². The van der Waals surface area contributed by atoms with Gasteiger partial charge in [-0.05, 0) is 95.0 Å². The first kappa shape index (κ1) is 23.9. The van der Waals surface area contributed by atoms with Gasteiger partial charge in [0.05, 0.1) is 16.9 Å². The zero-order valence-electron chi connectivity index (χ0n) is 22.1. The molecule has 0 amide bonds. The minimum Gasteiger partial charge on any atom is -0.477 e. The molecule has 1 aromatic heterocycles. The summed E-state index contributed by atoms with van der Waals surface area (Å²) in [6, 6.07) is 3.86. The molecule has 1 unspecified atom stereocenters. The molecule has 6 nitrogen and oxygen atoms in total. The van der Waals surface area contributed by atoms with E-state index in [0.717, 1.165) is 47.0 Å². The molecule has 1 spiro atoms. The van der Waals surface area contributed by atoms with E-state index in [0.29, 0.717) is 30.8 Å². The largest absolute Gasteiger partial charge is 0.477 e. The summed E-state index contributed by atoms with van der Waals surface area (Å²) >= 11 is 1.65. The van der Waals surface area contributed by atoms with Crippen LogP contribution in [-0.2, 0) is 21.4 Å². The van der Waals surface area contributed by atoms with Crippen molar-refractivity contribution in [3.05, 3.63) is 44.1 Å². The molecule has 1 saturated heterocycles. The molecule has 5 aliphatic rings. The number of carbonyl (C=O) groups excluding carboxylic acids is 2. The number of hydrogen-bond donors (Lipinski definition) is 1. The Balaban J connectivity index is 1.28. The Morgan fingerprint density at radius 1 is 1.24 bits per heavy atom. The fourth-order valence-corrected chi connectivity index (χ4v) is 9.03. The summed E-state index contributed by atoms with van der Waals surface area (Å²) in [6.07, 6.45) is 4.03. The van der Waals surface area contributed by atoms with Crippen LogP contribution in [0.3, 0.4) is 0 Å². The third kappa shape index (κ3) is 3.11. The Bertz CT molecular complexity index is 1340. The van der Waals surface area contributed by atoms with Gasteiger partial charge in [0.15, 0.2) is 23.4 Å². The number of benzene rings is 1. The highest BCUT2D eigenvalue weighted by Gasteiger charge is 2.73. The predicted molar refractivity (Wildman–Crippen MR) is 141 cm³/mol. The van der Waals surface area contributed by atoms with Gasteiger partial charge in [0.25, 0.3) is 0 Å². The molecule has 7 heteroatoms. The quantitative estimate of drug-likeness (QED) is 0.461. The lowest BCUT2D eigenvalue weighted by Crippen LogP contribution is -2.76. The molecule has 3 aliphatic carbocycles. The lowest BCUT2D eigenvalue weighted by atomic mass is 9.49. The van der Waals surface area contributed by atoms with Crippen LogP contribution in [0.5, 0.6) is 11.5 Å². The Labute approximate surface area is 222 Å². The average Bonchev–Trinajstić information content (AvgIpc) is 3.56. The fourth-order valence-electron chi connectivity index (χ4n) is 7.82. The van der Waals surface area contributed by atoms with E-state index >= 15 is 0 Å². The number of likely N-dealkylation sites (tertiary alicyclic amines) is 1. The van der Waals surface area contributed by atoms with E-state index in [4.69, 9.17) is 9.47 Å². The number of thiophene rings is 1. The zero-order valence-corrected chi connectivity index (χ0v) is 22.9. The van der Waals surface area contributed by atoms with Gasteiger partial charge in [-0.3, -0.25) is 14.5 Å². The zero-order chi connectivity index (χ0) is 25.9. The molecule has 0 radical (unpaired) electrons. The molecule has 2 aliphatic heterocycles. The summed E-state index contributed by atoms with van der Waals surface area (Å²) in [5.41, 5.74) is 2.63. The van der Waals surface area contributed by atoms with Crippen LogP contribution in [0.25, 0.3) is 0 Å². The lowest BCUT2D eigenvalue weighted by molar-refractivity contribution is -0.188. The third-order valence-corrected chi connectivity index (χ3v) is 11.7. The molecule has 1 N–H and O–H groups in total. The van der Waals surface area contributed by atoms with Gasteiger partial charge in [-0.25, -0.2) is 0 Å². The molecule has 3 heterocycles. The summed E-state index contributed by atoms with van der Waals surface area (Å²) < 4.78 is 12.5. The number of piperidine rings is 1. The first-order chi connectivity index (χ1) is 17.7. The second-order valence-corrected chi connectivity index (χ2v) is 13.4. The number of esters is 1. The van der Waals surface area contributed by atoms with Gasteiger partial charge in [0.1, 0.15) is 0 Å². The molecule has 1 aromatic carbocycles. The molecule has 3 fully saturated rings. The smallest absolute Gasteiger partial charge is 0.319 e. The minimum atomic E-state index is -1.02. The Kier molecular flexibility index (Phi) is 5.10. The summed E-state index contributed by atoms with van der Waals surface area (Å²) in [7, 11) is 0. The van der Waals surface area contributed by atoms with Crippen LogP contribution in [0, 0.1) is 26.7 Å². The summed E-state index contributed by atoms with van der Waals surface area (Å²) in [6.45, 7) is 9.99. The van der Waals surface area contributed by atoms with Crippen LogP contribution in [0.2, 0.25) is 0 Å². The molecule has 7 rings (SSSR count). The second-order valence-electron chi connectivity index (χ2n) is 12.1. The number of aliphatic hydroxyl groups is 1. The van der Waals surface area contributed by atoms with Crippen molar-refractivity contribution in [2.45, 2.75) is 95.3 Å². The number of aryl methyl sites for hydroxylation is 1. The number of nitrogens with zero attached hydrogens (tertiary/aromatic N) is 1. The highest BCUT2D eigenvalue weighted by Crippen LogP contribution is 2.65. The molecule has 2 aromatic rings. The number of carbonyl (C=O) groups is 2. The lowest BCUT2D eigenvalue weighted by Gasteiger charge is -2.62. The summed E-state index contributed by atoms with van der Waals surface area (Å²) in [4.78, 5) is 31.4. The first-order valence-corrected chi connectivity index (χ1v) is 14.6. The monoisotopic (exact) mass is 521 g/mol. The minimum absolute atomic E-state index is 0.0128. The molecule has 2 saturated carbocycles. The van der Waals surface area contributed by atoms with Crippen LogP contribution in [0.1, 0.15) is 77.0 Å².